The van der Waals surface area contributed by atoms with Gasteiger partial charge in [-0.1, -0.05) is 0 Å². The third-order valence-electron chi connectivity index (χ3n) is 3.47. The Hall–Kier alpha value is -1.06. The van der Waals surface area contributed by atoms with E-state index < -0.39 is 67.5 Å². The predicted octanol–water partition coefficient (Wildman–Crippen LogP) is 4.20. The summed E-state index contributed by atoms with van der Waals surface area (Å²) >= 11 is 0. The lowest BCUT2D eigenvalue weighted by atomic mass is 9.83. The lowest BCUT2D eigenvalue weighted by Crippen LogP contribution is -2.73. The van der Waals surface area contributed by atoms with Crippen LogP contribution in [0.25, 0.3) is 0 Å². The normalized spacial score (nSPS) is 17.8. The van der Waals surface area contributed by atoms with Gasteiger partial charge >= 0.3 is 35.8 Å². The van der Waals surface area contributed by atoms with Crippen LogP contribution in [0.2, 0.25) is 0 Å². The highest BCUT2D eigenvalue weighted by molar-refractivity contribution is 5.15. The molecule has 0 saturated heterocycles. The molecule has 0 aliphatic rings. The molecular formula is C11H10F14O2. The molecule has 0 amide bonds. The number of alkyl halides is 14. The number of aliphatic hydroxyl groups excluding tert-OH is 2. The number of hydrogen-bond acceptors (Lipinski definition) is 2. The fourth-order valence-corrected chi connectivity index (χ4v) is 1.80. The van der Waals surface area contributed by atoms with Crippen molar-refractivity contribution in [3.8, 4) is 0 Å². The van der Waals surface area contributed by atoms with E-state index in [1.807, 2.05) is 0 Å². The van der Waals surface area contributed by atoms with Gasteiger partial charge in [-0.05, 0) is 0 Å². The van der Waals surface area contributed by atoms with Gasteiger partial charge in [0.05, 0.1) is 0 Å². The first-order valence-corrected chi connectivity index (χ1v) is 6.49. The van der Waals surface area contributed by atoms with E-state index in [2.05, 4.69) is 0 Å². The molecule has 1 atom stereocenters. The van der Waals surface area contributed by atoms with E-state index in [1.165, 1.54) is 0 Å². The molecule has 2 N–H and O–H groups in total. The van der Waals surface area contributed by atoms with Crippen molar-refractivity contribution >= 4 is 0 Å². The second-order valence-electron chi connectivity index (χ2n) is 5.25. The van der Waals surface area contributed by atoms with E-state index in [0.29, 0.717) is 0 Å². The van der Waals surface area contributed by atoms with Gasteiger partial charge in [-0.2, -0.15) is 57.1 Å². The highest BCUT2D eigenvalue weighted by atomic mass is 19.4. The van der Waals surface area contributed by atoms with Gasteiger partial charge in [-0.3, -0.25) is 0 Å². The molecule has 0 rings (SSSR count). The highest BCUT2D eigenvalue weighted by Gasteiger charge is 2.91. The van der Waals surface area contributed by atoms with Crippen molar-refractivity contribution in [1.82, 2.24) is 0 Å². The van der Waals surface area contributed by atoms with E-state index in [9.17, 15) is 61.5 Å². The van der Waals surface area contributed by atoms with E-state index in [4.69, 9.17) is 10.2 Å². The standard InChI is InChI=1S/C11H10F14O2/c12-5(1-3-26,11(23,24)25)7(15,16)9(19,20)10(21,22)8(17,18)6(13,14)2-4-27/h26-27H,1-4H2. The van der Waals surface area contributed by atoms with E-state index in [-0.39, 0.29) is 0 Å². The molecule has 0 fully saturated rings. The maximum absolute atomic E-state index is 13.6. The SMILES string of the molecule is OCCC(F)(F)C(F)(F)C(F)(F)C(F)(F)C(F)(F)C(F)(CCO)C(F)(F)F. The van der Waals surface area contributed by atoms with Crippen molar-refractivity contribution in [3.63, 3.8) is 0 Å². The Labute approximate surface area is 140 Å². The van der Waals surface area contributed by atoms with Crippen LogP contribution in [0, 0.1) is 0 Å². The summed E-state index contributed by atoms with van der Waals surface area (Å²) in [6, 6.07) is 0. The minimum atomic E-state index is -8.01. The molecule has 0 aromatic rings. The molecule has 0 aromatic carbocycles. The average molecular weight is 440 g/mol. The first-order valence-electron chi connectivity index (χ1n) is 6.49. The summed E-state index contributed by atoms with van der Waals surface area (Å²) in [6.45, 7) is -4.30. The van der Waals surface area contributed by atoms with Crippen LogP contribution in [-0.4, -0.2) is 64.9 Å². The second kappa shape index (κ2) is 7.08. The first-order chi connectivity index (χ1) is 11.6. The molecule has 0 heterocycles. The molecule has 0 radical (unpaired) electrons. The molecule has 16 heteroatoms. The minimum Gasteiger partial charge on any atom is -0.396 e. The molecule has 1 unspecified atom stereocenters. The molecule has 0 saturated carbocycles. The molecule has 0 bridgehead atoms. The van der Waals surface area contributed by atoms with Gasteiger partial charge in [-0.15, -0.1) is 0 Å². The molecular weight excluding hydrogens is 430 g/mol. The zero-order valence-electron chi connectivity index (χ0n) is 12.5. The van der Waals surface area contributed by atoms with Crippen LogP contribution in [0.5, 0.6) is 0 Å². The molecule has 0 aliphatic heterocycles. The van der Waals surface area contributed by atoms with Crippen LogP contribution < -0.4 is 0 Å². The van der Waals surface area contributed by atoms with E-state index in [0.717, 1.165) is 0 Å². The summed E-state index contributed by atoms with van der Waals surface area (Å²) < 4.78 is 184. The second-order valence-corrected chi connectivity index (χ2v) is 5.25. The number of rotatable bonds is 9. The molecule has 0 spiro atoms. The fraction of sp³-hybridized carbons (Fsp3) is 1.00. The summed E-state index contributed by atoms with van der Waals surface area (Å²) in [7, 11) is 0. The zero-order valence-corrected chi connectivity index (χ0v) is 12.5. The van der Waals surface area contributed by atoms with E-state index in [1.54, 1.807) is 0 Å². The molecule has 0 aliphatic carbocycles. The van der Waals surface area contributed by atoms with Crippen LogP contribution in [0.15, 0.2) is 0 Å². The Bertz CT molecular complexity index is 514. The Kier molecular flexibility index (Phi) is 6.80. The third kappa shape index (κ3) is 3.53. The zero-order chi connectivity index (χ0) is 22.3. The molecule has 2 nitrogen and oxygen atoms in total. The average Bonchev–Trinajstić information content (AvgIpc) is 2.45. The quantitative estimate of drug-likeness (QED) is 0.528. The first kappa shape index (κ1) is 25.9. The van der Waals surface area contributed by atoms with Crippen molar-refractivity contribution < 1.29 is 71.7 Å². The van der Waals surface area contributed by atoms with Gasteiger partial charge < -0.3 is 10.2 Å². The summed E-state index contributed by atoms with van der Waals surface area (Å²) in [5.74, 6) is -37.4. The number of halogens is 14. The monoisotopic (exact) mass is 440 g/mol. The summed E-state index contributed by atoms with van der Waals surface area (Å²) in [5, 5.41) is 16.2. The molecule has 164 valence electrons. The van der Waals surface area contributed by atoms with Gasteiger partial charge in [0.15, 0.2) is 0 Å². The predicted molar refractivity (Wildman–Crippen MR) is 58.0 cm³/mol. The molecule has 0 aromatic heterocycles. The lowest BCUT2D eigenvalue weighted by Gasteiger charge is -2.43. The van der Waals surface area contributed by atoms with Crippen LogP contribution >= 0.6 is 0 Å². The van der Waals surface area contributed by atoms with Gasteiger partial charge in [-0.25, -0.2) is 4.39 Å². The van der Waals surface area contributed by atoms with Crippen LogP contribution in [0.1, 0.15) is 12.8 Å². The maximum Gasteiger partial charge on any atom is 0.428 e. The molecule has 27 heavy (non-hydrogen) atoms. The van der Waals surface area contributed by atoms with Crippen LogP contribution in [0.4, 0.5) is 61.5 Å². The van der Waals surface area contributed by atoms with Crippen molar-refractivity contribution in [2.75, 3.05) is 13.2 Å². The largest absolute Gasteiger partial charge is 0.428 e. The van der Waals surface area contributed by atoms with Gasteiger partial charge in [0.25, 0.3) is 5.67 Å². The Morgan fingerprint density at radius 3 is 1.07 bits per heavy atom. The van der Waals surface area contributed by atoms with Gasteiger partial charge in [0, 0.05) is 26.1 Å². The highest BCUT2D eigenvalue weighted by Crippen LogP contribution is 2.62. The van der Waals surface area contributed by atoms with Crippen molar-refractivity contribution in [1.29, 1.82) is 0 Å². The Balaban J connectivity index is 6.58. The lowest BCUT2D eigenvalue weighted by molar-refractivity contribution is -0.434. The fourth-order valence-electron chi connectivity index (χ4n) is 1.80. The Morgan fingerprint density at radius 1 is 0.444 bits per heavy atom. The summed E-state index contributed by atoms with van der Waals surface area (Å²) in [4.78, 5) is 0. The van der Waals surface area contributed by atoms with Gasteiger partial charge in [0.2, 0.25) is 0 Å². The van der Waals surface area contributed by atoms with Crippen molar-refractivity contribution in [2.45, 2.75) is 54.3 Å². The van der Waals surface area contributed by atoms with Crippen molar-refractivity contribution in [2.24, 2.45) is 0 Å². The van der Waals surface area contributed by atoms with E-state index >= 15 is 0 Å². The topological polar surface area (TPSA) is 40.5 Å². The number of aliphatic hydroxyl groups is 2. The van der Waals surface area contributed by atoms with Crippen LogP contribution in [-0.2, 0) is 0 Å². The van der Waals surface area contributed by atoms with Crippen molar-refractivity contribution in [3.05, 3.63) is 0 Å². The number of hydrogen-bond donors (Lipinski definition) is 2. The maximum atomic E-state index is 13.6. The van der Waals surface area contributed by atoms with Crippen LogP contribution in [0.3, 0.4) is 0 Å². The summed E-state index contributed by atoms with van der Waals surface area (Å²) in [5.41, 5.74) is -6.68. The Morgan fingerprint density at radius 2 is 0.778 bits per heavy atom. The smallest absolute Gasteiger partial charge is 0.396 e. The summed E-state index contributed by atoms with van der Waals surface area (Å²) in [6.07, 6.45) is -12.7. The minimum absolute atomic E-state index is 2.03. The van der Waals surface area contributed by atoms with Gasteiger partial charge in [0.1, 0.15) is 0 Å². The third-order valence-corrected chi connectivity index (χ3v) is 3.47.